The van der Waals surface area contributed by atoms with Crippen LogP contribution in [0.1, 0.15) is 11.1 Å². The number of hydrogen-bond donors (Lipinski definition) is 1. The van der Waals surface area contributed by atoms with E-state index in [1.54, 1.807) is 6.20 Å². The van der Waals surface area contributed by atoms with Crippen LogP contribution in [0.4, 0.5) is 0 Å². The maximum absolute atomic E-state index is 10.9. The topological polar surface area (TPSA) is 45.8 Å². The van der Waals surface area contributed by atoms with Gasteiger partial charge in [0.05, 0.1) is 5.52 Å². The van der Waals surface area contributed by atoms with Gasteiger partial charge in [-0.1, -0.05) is 6.07 Å². The van der Waals surface area contributed by atoms with E-state index in [0.717, 1.165) is 10.9 Å². The SMILES string of the molecule is Cc1ccc2[nH]c(=O)ncc2c1C. The summed E-state index contributed by atoms with van der Waals surface area (Å²) >= 11 is 0. The van der Waals surface area contributed by atoms with Crippen LogP contribution in [-0.4, -0.2) is 9.97 Å². The Morgan fingerprint density at radius 2 is 2.08 bits per heavy atom. The molecule has 13 heavy (non-hydrogen) atoms. The van der Waals surface area contributed by atoms with Gasteiger partial charge in [0.2, 0.25) is 0 Å². The normalized spacial score (nSPS) is 10.6. The summed E-state index contributed by atoms with van der Waals surface area (Å²) in [7, 11) is 0. The van der Waals surface area contributed by atoms with Crippen molar-refractivity contribution >= 4 is 10.9 Å². The number of H-pyrrole nitrogens is 1. The molecule has 0 unspecified atom stereocenters. The number of nitrogens with zero attached hydrogens (tertiary/aromatic N) is 1. The van der Waals surface area contributed by atoms with Gasteiger partial charge in [0.25, 0.3) is 0 Å². The molecular formula is C10H10N2O. The average Bonchev–Trinajstić information content (AvgIpc) is 2.12. The summed E-state index contributed by atoms with van der Waals surface area (Å²) in [5.74, 6) is 0. The fourth-order valence-electron chi connectivity index (χ4n) is 1.38. The van der Waals surface area contributed by atoms with E-state index in [4.69, 9.17) is 0 Å². The lowest BCUT2D eigenvalue weighted by Gasteiger charge is -2.03. The summed E-state index contributed by atoms with van der Waals surface area (Å²) in [6, 6.07) is 3.90. The zero-order valence-electron chi connectivity index (χ0n) is 7.59. The first-order valence-corrected chi connectivity index (χ1v) is 4.14. The fraction of sp³-hybridized carbons (Fsp3) is 0.200. The molecule has 0 aliphatic carbocycles. The van der Waals surface area contributed by atoms with Crippen molar-refractivity contribution in [1.82, 2.24) is 9.97 Å². The third-order valence-corrected chi connectivity index (χ3v) is 2.34. The molecule has 1 aromatic heterocycles. The lowest BCUT2D eigenvalue weighted by atomic mass is 10.1. The Kier molecular flexibility index (Phi) is 1.65. The highest BCUT2D eigenvalue weighted by atomic mass is 16.1. The quantitative estimate of drug-likeness (QED) is 0.658. The zero-order chi connectivity index (χ0) is 9.42. The van der Waals surface area contributed by atoms with Gasteiger partial charge < -0.3 is 4.98 Å². The van der Waals surface area contributed by atoms with E-state index < -0.39 is 0 Å². The minimum atomic E-state index is -0.296. The minimum absolute atomic E-state index is 0.296. The van der Waals surface area contributed by atoms with Crippen molar-refractivity contribution in [3.8, 4) is 0 Å². The van der Waals surface area contributed by atoms with Gasteiger partial charge in [0.15, 0.2) is 0 Å². The fourth-order valence-corrected chi connectivity index (χ4v) is 1.38. The standard InChI is InChI=1S/C10H10N2O/c1-6-3-4-9-8(7(6)2)5-11-10(13)12-9/h3-5H,1-2H3,(H,11,12,13). The van der Waals surface area contributed by atoms with Crippen molar-refractivity contribution in [3.05, 3.63) is 39.9 Å². The van der Waals surface area contributed by atoms with Gasteiger partial charge in [-0.3, -0.25) is 0 Å². The van der Waals surface area contributed by atoms with Gasteiger partial charge in [0, 0.05) is 11.6 Å². The molecule has 3 heteroatoms. The van der Waals surface area contributed by atoms with E-state index in [1.807, 2.05) is 26.0 Å². The Morgan fingerprint density at radius 3 is 2.85 bits per heavy atom. The van der Waals surface area contributed by atoms with E-state index >= 15 is 0 Å². The van der Waals surface area contributed by atoms with E-state index in [1.165, 1.54) is 11.1 Å². The van der Waals surface area contributed by atoms with Gasteiger partial charge in [-0.2, -0.15) is 0 Å². The number of benzene rings is 1. The molecule has 1 aromatic carbocycles. The molecule has 3 nitrogen and oxygen atoms in total. The molecule has 0 fully saturated rings. The highest BCUT2D eigenvalue weighted by Crippen LogP contribution is 2.17. The Labute approximate surface area is 75.4 Å². The Hall–Kier alpha value is -1.64. The summed E-state index contributed by atoms with van der Waals surface area (Å²) in [5, 5.41) is 1.01. The van der Waals surface area contributed by atoms with E-state index in [-0.39, 0.29) is 5.69 Å². The van der Waals surface area contributed by atoms with Crippen molar-refractivity contribution in [2.45, 2.75) is 13.8 Å². The van der Waals surface area contributed by atoms with Crippen LogP contribution in [0.2, 0.25) is 0 Å². The maximum atomic E-state index is 10.9. The van der Waals surface area contributed by atoms with Crippen molar-refractivity contribution in [2.24, 2.45) is 0 Å². The Balaban J connectivity index is 2.95. The highest BCUT2D eigenvalue weighted by Gasteiger charge is 2.00. The summed E-state index contributed by atoms with van der Waals surface area (Å²) in [4.78, 5) is 17.3. The average molecular weight is 174 g/mol. The van der Waals surface area contributed by atoms with Gasteiger partial charge in [0.1, 0.15) is 0 Å². The number of rotatable bonds is 0. The third-order valence-electron chi connectivity index (χ3n) is 2.34. The molecule has 0 aliphatic rings. The second kappa shape index (κ2) is 2.69. The van der Waals surface area contributed by atoms with Gasteiger partial charge in [-0.15, -0.1) is 0 Å². The summed E-state index contributed by atoms with van der Waals surface area (Å²) in [6.07, 6.45) is 1.62. The second-order valence-corrected chi connectivity index (χ2v) is 3.16. The molecule has 0 aliphatic heterocycles. The molecule has 0 spiro atoms. The zero-order valence-corrected chi connectivity index (χ0v) is 7.59. The molecule has 66 valence electrons. The second-order valence-electron chi connectivity index (χ2n) is 3.16. The maximum Gasteiger partial charge on any atom is 0.345 e. The van der Waals surface area contributed by atoms with Gasteiger partial charge >= 0.3 is 5.69 Å². The van der Waals surface area contributed by atoms with Gasteiger partial charge in [-0.05, 0) is 31.0 Å². The molecular weight excluding hydrogens is 164 g/mol. The monoisotopic (exact) mass is 174 g/mol. The lowest BCUT2D eigenvalue weighted by molar-refractivity contribution is 1.11. The van der Waals surface area contributed by atoms with E-state index in [9.17, 15) is 4.79 Å². The molecule has 0 amide bonds. The van der Waals surface area contributed by atoms with Crippen molar-refractivity contribution < 1.29 is 0 Å². The van der Waals surface area contributed by atoms with Crippen molar-refractivity contribution in [2.75, 3.05) is 0 Å². The molecule has 0 bridgehead atoms. The van der Waals surface area contributed by atoms with E-state index in [2.05, 4.69) is 9.97 Å². The molecule has 2 rings (SSSR count). The largest absolute Gasteiger partial charge is 0.345 e. The summed E-state index contributed by atoms with van der Waals surface area (Å²) < 4.78 is 0. The lowest BCUT2D eigenvalue weighted by Crippen LogP contribution is -2.08. The van der Waals surface area contributed by atoms with Crippen LogP contribution >= 0.6 is 0 Å². The van der Waals surface area contributed by atoms with Crippen LogP contribution in [0.5, 0.6) is 0 Å². The number of aromatic amines is 1. The molecule has 0 radical (unpaired) electrons. The predicted octanol–water partition coefficient (Wildman–Crippen LogP) is 1.54. The van der Waals surface area contributed by atoms with Crippen LogP contribution in [0.3, 0.4) is 0 Å². The molecule has 0 saturated heterocycles. The van der Waals surface area contributed by atoms with Crippen LogP contribution in [0.25, 0.3) is 10.9 Å². The van der Waals surface area contributed by atoms with E-state index in [0.29, 0.717) is 0 Å². The van der Waals surface area contributed by atoms with Crippen molar-refractivity contribution in [1.29, 1.82) is 0 Å². The number of hydrogen-bond acceptors (Lipinski definition) is 2. The summed E-state index contributed by atoms with van der Waals surface area (Å²) in [6.45, 7) is 4.07. The predicted molar refractivity (Wildman–Crippen MR) is 51.8 cm³/mol. The molecule has 0 atom stereocenters. The first kappa shape index (κ1) is 7.98. The smallest absolute Gasteiger partial charge is 0.305 e. The van der Waals surface area contributed by atoms with Crippen molar-refractivity contribution in [3.63, 3.8) is 0 Å². The van der Waals surface area contributed by atoms with Crippen LogP contribution < -0.4 is 5.69 Å². The minimum Gasteiger partial charge on any atom is -0.305 e. The molecule has 2 aromatic rings. The first-order chi connectivity index (χ1) is 6.18. The summed E-state index contributed by atoms with van der Waals surface area (Å²) in [5.41, 5.74) is 2.93. The number of aromatic nitrogens is 2. The number of nitrogens with one attached hydrogen (secondary N) is 1. The Bertz CT molecular complexity index is 514. The van der Waals surface area contributed by atoms with Crippen LogP contribution in [0, 0.1) is 13.8 Å². The van der Waals surface area contributed by atoms with Crippen LogP contribution in [-0.2, 0) is 0 Å². The van der Waals surface area contributed by atoms with Crippen LogP contribution in [0.15, 0.2) is 23.1 Å². The molecule has 1 heterocycles. The third kappa shape index (κ3) is 1.22. The Morgan fingerprint density at radius 1 is 1.31 bits per heavy atom. The number of aryl methyl sites for hydroxylation is 2. The van der Waals surface area contributed by atoms with Gasteiger partial charge in [-0.25, -0.2) is 9.78 Å². The molecule has 1 N–H and O–H groups in total. The molecule has 0 saturated carbocycles. The first-order valence-electron chi connectivity index (χ1n) is 4.14. The number of fused-ring (bicyclic) bond motifs is 1. The highest BCUT2D eigenvalue weighted by molar-refractivity contribution is 5.81.